The Morgan fingerprint density at radius 2 is 2.08 bits per heavy atom. The molecule has 1 aliphatic rings. The zero-order chi connectivity index (χ0) is 16.9. The molecule has 1 atom stereocenters. The highest BCUT2D eigenvalue weighted by atomic mass is 16.5. The van der Waals surface area contributed by atoms with E-state index in [9.17, 15) is 4.79 Å². The van der Waals surface area contributed by atoms with Crippen molar-refractivity contribution in [1.29, 1.82) is 0 Å². The van der Waals surface area contributed by atoms with Crippen LogP contribution in [0.25, 0.3) is 11.3 Å². The summed E-state index contributed by atoms with van der Waals surface area (Å²) in [7, 11) is 3.85. The highest BCUT2D eigenvalue weighted by molar-refractivity contribution is 5.94. The van der Waals surface area contributed by atoms with Crippen LogP contribution in [0.4, 0.5) is 5.82 Å². The van der Waals surface area contributed by atoms with E-state index < -0.39 is 0 Å². The molecule has 0 unspecified atom stereocenters. The number of rotatable bonds is 5. The molecular weight excluding hydrogens is 304 g/mol. The van der Waals surface area contributed by atoms with Crippen LogP contribution in [-0.4, -0.2) is 49.2 Å². The number of aromatic nitrogens is 2. The molecule has 1 fully saturated rings. The Bertz CT molecular complexity index is 694. The molecule has 0 radical (unpaired) electrons. The minimum absolute atomic E-state index is 0.0785. The average molecular weight is 326 g/mol. The quantitative estimate of drug-likeness (QED) is 0.911. The van der Waals surface area contributed by atoms with Crippen LogP contribution in [0.2, 0.25) is 0 Å². The van der Waals surface area contributed by atoms with Crippen LogP contribution in [0, 0.1) is 0 Å². The summed E-state index contributed by atoms with van der Waals surface area (Å²) in [6, 6.07) is 7.41. The lowest BCUT2D eigenvalue weighted by molar-refractivity contribution is 0.0858. The number of hydrogen-bond acceptors (Lipinski definition) is 5. The van der Waals surface area contributed by atoms with Crippen LogP contribution >= 0.6 is 0 Å². The number of ether oxygens (including phenoxy) is 1. The molecule has 1 aliphatic heterocycles. The Balaban J connectivity index is 1.66. The third-order valence-electron chi connectivity index (χ3n) is 4.04. The van der Waals surface area contributed by atoms with Crippen molar-refractivity contribution in [3.8, 4) is 11.3 Å². The van der Waals surface area contributed by atoms with E-state index in [1.165, 1.54) is 0 Å². The fourth-order valence-electron chi connectivity index (χ4n) is 2.62. The Morgan fingerprint density at radius 3 is 2.75 bits per heavy atom. The second-order valence-electron chi connectivity index (χ2n) is 6.08. The highest BCUT2D eigenvalue weighted by Gasteiger charge is 2.16. The van der Waals surface area contributed by atoms with E-state index >= 15 is 0 Å². The normalized spacial score (nSPS) is 16.8. The molecule has 1 aromatic heterocycles. The predicted octanol–water partition coefficient (Wildman–Crippen LogP) is 2.12. The molecule has 2 heterocycles. The minimum Gasteiger partial charge on any atom is -0.376 e. The smallest absolute Gasteiger partial charge is 0.251 e. The van der Waals surface area contributed by atoms with Gasteiger partial charge < -0.3 is 15.0 Å². The van der Waals surface area contributed by atoms with E-state index in [0.29, 0.717) is 12.1 Å². The van der Waals surface area contributed by atoms with E-state index in [1.54, 1.807) is 12.4 Å². The molecule has 126 valence electrons. The van der Waals surface area contributed by atoms with Crippen LogP contribution in [0.3, 0.4) is 0 Å². The number of amides is 1. The van der Waals surface area contributed by atoms with E-state index in [1.807, 2.05) is 43.3 Å². The Kier molecular flexibility index (Phi) is 5.05. The van der Waals surface area contributed by atoms with Crippen molar-refractivity contribution in [3.63, 3.8) is 0 Å². The Labute approximate surface area is 141 Å². The summed E-state index contributed by atoms with van der Waals surface area (Å²) in [5.41, 5.74) is 2.35. The highest BCUT2D eigenvalue weighted by Crippen LogP contribution is 2.19. The monoisotopic (exact) mass is 326 g/mol. The van der Waals surface area contributed by atoms with Crippen molar-refractivity contribution in [2.24, 2.45) is 0 Å². The van der Waals surface area contributed by atoms with Gasteiger partial charge in [0.1, 0.15) is 5.82 Å². The lowest BCUT2D eigenvalue weighted by atomic mass is 10.1. The summed E-state index contributed by atoms with van der Waals surface area (Å²) in [6.45, 7) is 1.36. The third kappa shape index (κ3) is 3.89. The van der Waals surface area contributed by atoms with Crippen molar-refractivity contribution < 1.29 is 9.53 Å². The van der Waals surface area contributed by atoms with E-state index in [4.69, 9.17) is 4.74 Å². The molecule has 0 saturated carbocycles. The van der Waals surface area contributed by atoms with Gasteiger partial charge in [-0.25, -0.2) is 4.98 Å². The maximum absolute atomic E-state index is 12.2. The summed E-state index contributed by atoms with van der Waals surface area (Å²) in [5.74, 6) is 0.719. The first-order valence-corrected chi connectivity index (χ1v) is 8.13. The molecule has 1 amide bonds. The van der Waals surface area contributed by atoms with Crippen LogP contribution in [0.15, 0.2) is 36.7 Å². The number of carbonyl (C=O) groups is 1. The van der Waals surface area contributed by atoms with E-state index in [-0.39, 0.29) is 12.0 Å². The summed E-state index contributed by atoms with van der Waals surface area (Å²) >= 11 is 0. The zero-order valence-corrected chi connectivity index (χ0v) is 14.0. The molecule has 6 nitrogen and oxygen atoms in total. The number of anilines is 1. The number of benzene rings is 1. The molecule has 2 aromatic rings. The molecule has 0 spiro atoms. The number of hydrogen-bond donors (Lipinski definition) is 1. The zero-order valence-electron chi connectivity index (χ0n) is 14.0. The summed E-state index contributed by atoms with van der Waals surface area (Å²) in [5, 5.41) is 2.93. The Hall–Kier alpha value is -2.47. The number of nitrogens with one attached hydrogen (secondary N) is 1. The predicted molar refractivity (Wildman–Crippen MR) is 93.1 cm³/mol. The van der Waals surface area contributed by atoms with Gasteiger partial charge in [0, 0.05) is 38.4 Å². The molecule has 1 N–H and O–H groups in total. The maximum atomic E-state index is 12.2. The summed E-state index contributed by atoms with van der Waals surface area (Å²) in [6.07, 6.45) is 5.68. The third-order valence-corrected chi connectivity index (χ3v) is 4.04. The average Bonchev–Trinajstić information content (AvgIpc) is 3.13. The van der Waals surface area contributed by atoms with Crippen LogP contribution in [0.5, 0.6) is 0 Å². The minimum atomic E-state index is -0.0785. The molecule has 0 aliphatic carbocycles. The van der Waals surface area contributed by atoms with Gasteiger partial charge in [0.15, 0.2) is 0 Å². The van der Waals surface area contributed by atoms with Crippen LogP contribution in [0.1, 0.15) is 23.2 Å². The van der Waals surface area contributed by atoms with Gasteiger partial charge in [-0.3, -0.25) is 9.78 Å². The van der Waals surface area contributed by atoms with Gasteiger partial charge in [0.2, 0.25) is 0 Å². The molecule has 24 heavy (non-hydrogen) atoms. The molecule has 0 bridgehead atoms. The lowest BCUT2D eigenvalue weighted by Crippen LogP contribution is -2.31. The van der Waals surface area contributed by atoms with Gasteiger partial charge in [-0.1, -0.05) is 12.1 Å². The van der Waals surface area contributed by atoms with Crippen LogP contribution < -0.4 is 10.2 Å². The largest absolute Gasteiger partial charge is 0.376 e. The first-order valence-electron chi connectivity index (χ1n) is 8.13. The van der Waals surface area contributed by atoms with Crippen molar-refractivity contribution in [2.45, 2.75) is 18.9 Å². The van der Waals surface area contributed by atoms with E-state index in [0.717, 1.165) is 36.5 Å². The molecule has 1 aromatic carbocycles. The van der Waals surface area contributed by atoms with E-state index in [2.05, 4.69) is 15.3 Å². The van der Waals surface area contributed by atoms with Gasteiger partial charge >= 0.3 is 0 Å². The summed E-state index contributed by atoms with van der Waals surface area (Å²) < 4.78 is 5.51. The van der Waals surface area contributed by atoms with Gasteiger partial charge in [-0.05, 0) is 25.0 Å². The first-order chi connectivity index (χ1) is 11.6. The standard InChI is InChI=1S/C18H22N4O2/c1-22(2)17-12-19-11-16(21-17)13-5-7-14(8-6-13)18(23)20-10-15-4-3-9-24-15/h5-8,11-12,15H,3-4,9-10H2,1-2H3,(H,20,23)/t15-/m0/s1. The number of nitrogens with zero attached hydrogens (tertiary/aromatic N) is 3. The molecule has 3 rings (SSSR count). The topological polar surface area (TPSA) is 67.4 Å². The maximum Gasteiger partial charge on any atom is 0.251 e. The first kappa shape index (κ1) is 16.4. The number of carbonyl (C=O) groups excluding carboxylic acids is 1. The fraction of sp³-hybridized carbons (Fsp3) is 0.389. The second-order valence-corrected chi connectivity index (χ2v) is 6.08. The van der Waals surface area contributed by atoms with Gasteiger partial charge in [-0.15, -0.1) is 0 Å². The molecule has 6 heteroatoms. The second kappa shape index (κ2) is 7.40. The molecule has 1 saturated heterocycles. The van der Waals surface area contributed by atoms with Crippen LogP contribution in [-0.2, 0) is 4.74 Å². The lowest BCUT2D eigenvalue weighted by Gasteiger charge is -2.12. The van der Waals surface area contributed by atoms with Gasteiger partial charge in [-0.2, -0.15) is 0 Å². The van der Waals surface area contributed by atoms with Crippen molar-refractivity contribution in [3.05, 3.63) is 42.2 Å². The van der Waals surface area contributed by atoms with Gasteiger partial charge in [0.25, 0.3) is 5.91 Å². The molecular formula is C18H22N4O2. The SMILES string of the molecule is CN(C)c1cncc(-c2ccc(C(=O)NC[C@@H]3CCCO3)cc2)n1. The van der Waals surface area contributed by atoms with Crippen molar-refractivity contribution >= 4 is 11.7 Å². The van der Waals surface area contributed by atoms with Crippen molar-refractivity contribution in [2.75, 3.05) is 32.1 Å². The fourth-order valence-corrected chi connectivity index (χ4v) is 2.62. The van der Waals surface area contributed by atoms with Gasteiger partial charge in [0.05, 0.1) is 24.2 Å². The van der Waals surface area contributed by atoms with Crippen molar-refractivity contribution in [1.82, 2.24) is 15.3 Å². The summed E-state index contributed by atoms with van der Waals surface area (Å²) in [4.78, 5) is 22.9. The Morgan fingerprint density at radius 1 is 1.29 bits per heavy atom.